The first-order valence-corrected chi connectivity index (χ1v) is 11.6. The van der Waals surface area contributed by atoms with Gasteiger partial charge in [0.05, 0.1) is 11.2 Å². The fourth-order valence-electron chi connectivity index (χ4n) is 5.26. The summed E-state index contributed by atoms with van der Waals surface area (Å²) in [5.74, 6) is -2.86. The van der Waals surface area contributed by atoms with Crippen LogP contribution >= 0.6 is 0 Å². The first kappa shape index (κ1) is 23.7. The van der Waals surface area contributed by atoms with Crippen molar-refractivity contribution in [3.05, 3.63) is 65.0 Å². The van der Waals surface area contributed by atoms with Gasteiger partial charge < -0.3 is 16.2 Å². The highest BCUT2D eigenvalue weighted by molar-refractivity contribution is 5.94. The zero-order chi connectivity index (χ0) is 23.8. The van der Waals surface area contributed by atoms with E-state index in [9.17, 15) is 9.90 Å². The number of carbonyl (C=O) groups excluding carboxylic acids is 1. The van der Waals surface area contributed by atoms with Crippen molar-refractivity contribution in [1.29, 1.82) is 0 Å². The van der Waals surface area contributed by atoms with Gasteiger partial charge in [-0.15, -0.1) is 0 Å². The summed E-state index contributed by atoms with van der Waals surface area (Å²) in [4.78, 5) is 18.7. The molecular weight excluding hydrogens is 426 g/mol. The minimum absolute atomic E-state index is 0.114. The Kier molecular flexibility index (Phi) is 6.79. The van der Waals surface area contributed by atoms with Gasteiger partial charge in [-0.05, 0) is 63.8 Å². The molecule has 2 heterocycles. The topological polar surface area (TPSA) is 91.5 Å². The number of aliphatic hydroxyl groups is 1. The van der Waals surface area contributed by atoms with Crippen LogP contribution in [0, 0.1) is 11.6 Å². The number of amides is 1. The van der Waals surface area contributed by atoms with Crippen molar-refractivity contribution in [1.82, 2.24) is 15.2 Å². The Morgan fingerprint density at radius 1 is 1.33 bits per heavy atom. The summed E-state index contributed by atoms with van der Waals surface area (Å²) in [5.41, 5.74) is 5.73. The van der Waals surface area contributed by atoms with Gasteiger partial charge in [-0.1, -0.05) is 12.1 Å². The third kappa shape index (κ3) is 4.93. The van der Waals surface area contributed by atoms with Crippen LogP contribution in [-0.4, -0.2) is 51.2 Å². The number of hydrogen-bond acceptors (Lipinski definition) is 5. The van der Waals surface area contributed by atoms with Crippen LogP contribution in [0.25, 0.3) is 0 Å². The monoisotopic (exact) mass is 458 g/mol. The van der Waals surface area contributed by atoms with Crippen LogP contribution in [0.5, 0.6) is 0 Å². The number of benzene rings is 1. The molecule has 0 spiro atoms. The largest absolute Gasteiger partial charge is 0.389 e. The van der Waals surface area contributed by atoms with E-state index in [0.717, 1.165) is 19.4 Å². The summed E-state index contributed by atoms with van der Waals surface area (Å²) >= 11 is 0. The quantitative estimate of drug-likeness (QED) is 0.641. The summed E-state index contributed by atoms with van der Waals surface area (Å²) in [6.07, 6.45) is 5.47. The molecule has 1 aromatic carbocycles. The average molecular weight is 459 g/mol. The van der Waals surface area contributed by atoms with Crippen molar-refractivity contribution >= 4 is 5.91 Å². The number of aromatic nitrogens is 1. The molecule has 0 radical (unpaired) electrons. The molecular formula is C25H32F2N4O2. The van der Waals surface area contributed by atoms with Crippen LogP contribution in [0.15, 0.2) is 36.7 Å². The zero-order valence-electron chi connectivity index (χ0n) is 19.1. The highest BCUT2D eigenvalue weighted by Gasteiger charge is 2.45. The second-order valence-corrected chi connectivity index (χ2v) is 9.74. The summed E-state index contributed by atoms with van der Waals surface area (Å²) in [7, 11) is 0. The highest BCUT2D eigenvalue weighted by Crippen LogP contribution is 2.42. The molecule has 0 bridgehead atoms. The van der Waals surface area contributed by atoms with E-state index >= 15 is 8.78 Å². The normalized spacial score (nSPS) is 30.4. The van der Waals surface area contributed by atoms with Crippen molar-refractivity contribution in [2.24, 2.45) is 5.73 Å². The van der Waals surface area contributed by atoms with Gasteiger partial charge in [0.25, 0.3) is 5.91 Å². The van der Waals surface area contributed by atoms with Gasteiger partial charge in [0, 0.05) is 48.5 Å². The molecule has 1 aromatic heterocycles. The minimum atomic E-state index is -1.34. The van der Waals surface area contributed by atoms with E-state index in [2.05, 4.69) is 22.1 Å². The Morgan fingerprint density at radius 3 is 2.79 bits per heavy atom. The van der Waals surface area contributed by atoms with Gasteiger partial charge in [-0.2, -0.15) is 0 Å². The summed E-state index contributed by atoms with van der Waals surface area (Å²) in [5, 5.41) is 14.0. The molecule has 1 aliphatic heterocycles. The van der Waals surface area contributed by atoms with Crippen LogP contribution < -0.4 is 11.1 Å². The van der Waals surface area contributed by atoms with E-state index in [1.165, 1.54) is 6.20 Å². The molecule has 5 atom stereocenters. The molecule has 178 valence electrons. The lowest BCUT2D eigenvalue weighted by Crippen LogP contribution is -2.57. The van der Waals surface area contributed by atoms with E-state index in [0.29, 0.717) is 23.7 Å². The van der Waals surface area contributed by atoms with E-state index in [-0.39, 0.29) is 24.3 Å². The van der Waals surface area contributed by atoms with Gasteiger partial charge >= 0.3 is 0 Å². The first-order valence-electron chi connectivity index (χ1n) is 11.6. The van der Waals surface area contributed by atoms with Crippen molar-refractivity contribution in [3.63, 3.8) is 0 Å². The third-order valence-corrected chi connectivity index (χ3v) is 7.28. The third-order valence-electron chi connectivity index (χ3n) is 7.28. The fourth-order valence-corrected chi connectivity index (χ4v) is 5.26. The van der Waals surface area contributed by atoms with Gasteiger partial charge in [0.1, 0.15) is 0 Å². The molecule has 1 amide bonds. The minimum Gasteiger partial charge on any atom is -0.389 e. The second-order valence-electron chi connectivity index (χ2n) is 9.74. The Morgan fingerprint density at radius 2 is 2.12 bits per heavy atom. The molecule has 6 nitrogen and oxygen atoms in total. The molecule has 1 saturated heterocycles. The molecule has 33 heavy (non-hydrogen) atoms. The Balaban J connectivity index is 1.55. The lowest BCUT2D eigenvalue weighted by molar-refractivity contribution is -0.0160. The zero-order valence-corrected chi connectivity index (χ0v) is 19.1. The Labute approximate surface area is 193 Å². The predicted octanol–water partition coefficient (Wildman–Crippen LogP) is 3.10. The molecule has 1 saturated carbocycles. The lowest BCUT2D eigenvalue weighted by atomic mass is 9.69. The van der Waals surface area contributed by atoms with Crippen molar-refractivity contribution in [2.45, 2.75) is 75.7 Å². The van der Waals surface area contributed by atoms with Crippen LogP contribution in [0.1, 0.15) is 66.9 Å². The van der Waals surface area contributed by atoms with E-state index in [4.69, 9.17) is 5.73 Å². The summed E-state index contributed by atoms with van der Waals surface area (Å²) < 4.78 is 30.4. The number of nitrogens with zero attached hydrogens (tertiary/aromatic N) is 2. The van der Waals surface area contributed by atoms with E-state index in [1.807, 2.05) is 0 Å². The number of hydrogen-bond donors (Lipinski definition) is 3. The summed E-state index contributed by atoms with van der Waals surface area (Å²) in [6, 6.07) is 5.80. The van der Waals surface area contributed by atoms with Crippen molar-refractivity contribution in [2.75, 3.05) is 6.54 Å². The highest BCUT2D eigenvalue weighted by atomic mass is 19.2. The van der Waals surface area contributed by atoms with Gasteiger partial charge in [0.15, 0.2) is 11.6 Å². The van der Waals surface area contributed by atoms with Crippen molar-refractivity contribution < 1.29 is 18.7 Å². The van der Waals surface area contributed by atoms with Crippen LogP contribution in [-0.2, 0) is 6.54 Å². The molecule has 2 aromatic rings. The van der Waals surface area contributed by atoms with Crippen LogP contribution in [0.4, 0.5) is 8.78 Å². The standard InChI is InChI=1S/C25H32F2N4O2/c1-15-5-4-10-31(15)14-17-7-8-18(23(27)22(17)26)19-11-21(20(28)12-25(19,2)33)30-24(32)16-6-3-9-29-13-16/h3,6-9,13,15,19-21,33H,4-5,10-12,14,28H2,1-2H3,(H,30,32)/t15-,19-,20-,21-,25-/m1/s1. The fraction of sp³-hybridized carbons (Fsp3) is 0.520. The maximum absolute atomic E-state index is 15.3. The van der Waals surface area contributed by atoms with Gasteiger partial charge in [-0.3, -0.25) is 14.7 Å². The number of nitrogens with one attached hydrogen (secondary N) is 1. The van der Waals surface area contributed by atoms with E-state index < -0.39 is 35.2 Å². The molecule has 4 rings (SSSR count). The maximum atomic E-state index is 15.3. The predicted molar refractivity (Wildman–Crippen MR) is 122 cm³/mol. The van der Waals surface area contributed by atoms with Crippen molar-refractivity contribution in [3.8, 4) is 0 Å². The molecule has 4 N–H and O–H groups in total. The Hall–Kier alpha value is -2.42. The molecule has 8 heteroatoms. The molecule has 1 aliphatic carbocycles. The maximum Gasteiger partial charge on any atom is 0.253 e. The van der Waals surface area contributed by atoms with E-state index in [1.54, 1.807) is 37.4 Å². The number of likely N-dealkylation sites (tertiary alicyclic amines) is 1. The van der Waals surface area contributed by atoms with Gasteiger partial charge in [0.2, 0.25) is 0 Å². The number of carbonyl (C=O) groups is 1. The van der Waals surface area contributed by atoms with Crippen LogP contribution in [0.3, 0.4) is 0 Å². The SMILES string of the molecule is C[C@@H]1CCCN1Cc1ccc([C@H]2C[C@@H](NC(=O)c3cccnc3)[C@H](N)C[C@@]2(C)O)c(F)c1F. The number of pyridine rings is 1. The average Bonchev–Trinajstić information content (AvgIpc) is 3.18. The Bertz CT molecular complexity index is 1000. The lowest BCUT2D eigenvalue weighted by Gasteiger charge is -2.44. The van der Waals surface area contributed by atoms with Crippen LogP contribution in [0.2, 0.25) is 0 Å². The number of nitrogens with two attached hydrogens (primary N) is 1. The smallest absolute Gasteiger partial charge is 0.253 e. The number of halogens is 2. The first-order chi connectivity index (χ1) is 15.7. The molecule has 2 fully saturated rings. The molecule has 0 unspecified atom stereocenters. The molecule has 2 aliphatic rings. The summed E-state index contributed by atoms with van der Waals surface area (Å²) in [6.45, 7) is 4.92. The second kappa shape index (κ2) is 9.44. The van der Waals surface area contributed by atoms with Gasteiger partial charge in [-0.25, -0.2) is 8.78 Å². The number of rotatable bonds is 5.